The predicted molar refractivity (Wildman–Crippen MR) is 147 cm³/mol. The lowest BCUT2D eigenvalue weighted by Crippen LogP contribution is -2.43. The molecule has 1 aromatic heterocycles. The van der Waals surface area contributed by atoms with E-state index in [1.54, 1.807) is 12.5 Å². The van der Waals surface area contributed by atoms with Gasteiger partial charge in [-0.05, 0) is 55.0 Å². The number of amides is 2. The van der Waals surface area contributed by atoms with Gasteiger partial charge in [-0.2, -0.15) is 0 Å². The van der Waals surface area contributed by atoms with Gasteiger partial charge in [0.05, 0.1) is 12.6 Å². The summed E-state index contributed by atoms with van der Waals surface area (Å²) in [6.07, 6.45) is 5.10. The van der Waals surface area contributed by atoms with Crippen LogP contribution in [0.5, 0.6) is 5.75 Å². The topological polar surface area (TPSA) is 80.8 Å². The molecule has 1 N–H and O–H groups in total. The second kappa shape index (κ2) is 12.1. The largest absolute Gasteiger partial charge is 0.486 e. The normalized spacial score (nSPS) is 17.3. The predicted octanol–water partition coefficient (Wildman–Crippen LogP) is 5.07. The van der Waals surface area contributed by atoms with E-state index in [4.69, 9.17) is 9.47 Å². The lowest BCUT2D eigenvalue weighted by Gasteiger charge is -2.39. The molecule has 3 aromatic rings. The first-order valence-electron chi connectivity index (χ1n) is 13.4. The zero-order chi connectivity index (χ0) is 26.5. The third-order valence-corrected chi connectivity index (χ3v) is 8.29. The Labute approximate surface area is 228 Å². The zero-order valence-corrected chi connectivity index (χ0v) is 22.9. The molecule has 5 rings (SSSR count). The molecule has 0 unspecified atom stereocenters. The Hall–Kier alpha value is -3.23. The first-order chi connectivity index (χ1) is 18.5. The number of ether oxygens (including phenoxy) is 2. The number of methoxy groups -OCH3 is 1. The van der Waals surface area contributed by atoms with Crippen molar-refractivity contribution in [3.05, 3.63) is 80.8 Å². The van der Waals surface area contributed by atoms with Gasteiger partial charge in [0.2, 0.25) is 5.91 Å². The molecule has 1 saturated carbocycles. The SMILES string of the molecule is COCCNC(=O)c1csc(COc2ccc3c(c2)[C@@H](c2ccc(C)cc2)N(C(=O)C2CCCC2)CC3)n1. The molecular formula is C30H35N3O4S. The van der Waals surface area contributed by atoms with E-state index in [0.29, 0.717) is 18.8 Å². The van der Waals surface area contributed by atoms with E-state index in [0.717, 1.165) is 60.5 Å². The molecule has 0 radical (unpaired) electrons. The second-order valence-electron chi connectivity index (χ2n) is 10.1. The van der Waals surface area contributed by atoms with Gasteiger partial charge in [0.25, 0.3) is 5.91 Å². The Morgan fingerprint density at radius 3 is 2.68 bits per heavy atom. The molecule has 8 heteroatoms. The van der Waals surface area contributed by atoms with Crippen molar-refractivity contribution in [2.45, 2.75) is 51.7 Å². The van der Waals surface area contributed by atoms with Crippen LogP contribution in [-0.4, -0.2) is 48.5 Å². The molecule has 1 aliphatic heterocycles. The molecule has 1 aliphatic carbocycles. The molecule has 0 spiro atoms. The monoisotopic (exact) mass is 533 g/mol. The number of hydrogen-bond acceptors (Lipinski definition) is 6. The van der Waals surface area contributed by atoms with Crippen LogP contribution in [0.1, 0.15) is 69.5 Å². The molecule has 0 saturated heterocycles. The fraction of sp³-hybridized carbons (Fsp3) is 0.433. The maximum absolute atomic E-state index is 13.6. The van der Waals surface area contributed by atoms with Gasteiger partial charge in [-0.25, -0.2) is 4.98 Å². The summed E-state index contributed by atoms with van der Waals surface area (Å²) in [4.78, 5) is 32.4. The molecule has 2 amide bonds. The van der Waals surface area contributed by atoms with Crippen molar-refractivity contribution in [1.29, 1.82) is 0 Å². The molecule has 1 atom stereocenters. The summed E-state index contributed by atoms with van der Waals surface area (Å²) in [6.45, 7) is 3.98. The number of hydrogen-bond donors (Lipinski definition) is 1. The molecule has 200 valence electrons. The number of rotatable bonds is 9. The number of carbonyl (C=O) groups excluding carboxylic acids is 2. The van der Waals surface area contributed by atoms with Gasteiger partial charge in [0, 0.05) is 31.5 Å². The van der Waals surface area contributed by atoms with Crippen LogP contribution in [0.25, 0.3) is 0 Å². The quantitative estimate of drug-likeness (QED) is 0.389. The minimum Gasteiger partial charge on any atom is -0.486 e. The molecule has 1 fully saturated rings. The minimum absolute atomic E-state index is 0.127. The van der Waals surface area contributed by atoms with Gasteiger partial charge >= 0.3 is 0 Å². The zero-order valence-electron chi connectivity index (χ0n) is 22.1. The summed E-state index contributed by atoms with van der Waals surface area (Å²) in [7, 11) is 1.60. The Balaban J connectivity index is 1.35. The summed E-state index contributed by atoms with van der Waals surface area (Å²) < 4.78 is 11.1. The second-order valence-corrected chi connectivity index (χ2v) is 11.0. The van der Waals surface area contributed by atoms with Crippen LogP contribution in [-0.2, 0) is 22.6 Å². The molecule has 2 aliphatic rings. The Bertz CT molecular complexity index is 1270. The highest BCUT2D eigenvalue weighted by Crippen LogP contribution is 2.40. The van der Waals surface area contributed by atoms with Crippen LogP contribution in [0, 0.1) is 12.8 Å². The Morgan fingerprint density at radius 1 is 1.13 bits per heavy atom. The number of fused-ring (bicyclic) bond motifs is 1. The number of nitrogens with one attached hydrogen (secondary N) is 1. The number of aryl methyl sites for hydroxylation is 1. The fourth-order valence-corrected chi connectivity index (χ4v) is 6.11. The average molecular weight is 534 g/mol. The van der Waals surface area contributed by atoms with Crippen molar-refractivity contribution in [3.8, 4) is 5.75 Å². The highest BCUT2D eigenvalue weighted by molar-refractivity contribution is 7.09. The minimum atomic E-state index is -0.216. The van der Waals surface area contributed by atoms with Crippen LogP contribution in [0.4, 0.5) is 0 Å². The fourth-order valence-electron chi connectivity index (χ4n) is 5.42. The summed E-state index contributed by atoms with van der Waals surface area (Å²) in [5.41, 5.74) is 5.09. The molecule has 0 bridgehead atoms. The maximum atomic E-state index is 13.6. The number of benzene rings is 2. The standard InChI is InChI=1S/C30H35N3O4S/c1-20-7-9-22(10-8-20)28-25-17-24(37-18-27-32-26(19-38-27)29(34)31-14-16-36-2)12-11-21(25)13-15-33(28)30(35)23-5-3-4-6-23/h7-12,17,19,23,28H,3-6,13-16,18H2,1-2H3,(H,31,34)/t28-/m1/s1. The Kier molecular flexibility index (Phi) is 8.39. The van der Waals surface area contributed by atoms with Gasteiger partial charge in [-0.1, -0.05) is 48.7 Å². The molecule has 2 heterocycles. The number of thiazole rings is 1. The molecule has 38 heavy (non-hydrogen) atoms. The van der Waals surface area contributed by atoms with Gasteiger partial charge in [0.1, 0.15) is 23.1 Å². The molecule has 7 nitrogen and oxygen atoms in total. The van der Waals surface area contributed by atoms with Crippen LogP contribution in [0.15, 0.2) is 47.8 Å². The van der Waals surface area contributed by atoms with E-state index >= 15 is 0 Å². The van der Waals surface area contributed by atoms with Gasteiger partial charge < -0.3 is 19.7 Å². The van der Waals surface area contributed by atoms with Crippen molar-refractivity contribution < 1.29 is 19.1 Å². The van der Waals surface area contributed by atoms with E-state index < -0.39 is 0 Å². The lowest BCUT2D eigenvalue weighted by atomic mass is 9.86. The number of aromatic nitrogens is 1. The smallest absolute Gasteiger partial charge is 0.270 e. The number of carbonyl (C=O) groups is 2. The van der Waals surface area contributed by atoms with Crippen LogP contribution >= 0.6 is 11.3 Å². The Morgan fingerprint density at radius 2 is 1.92 bits per heavy atom. The third-order valence-electron chi connectivity index (χ3n) is 7.46. The van der Waals surface area contributed by atoms with Crippen molar-refractivity contribution in [1.82, 2.24) is 15.2 Å². The van der Waals surface area contributed by atoms with Gasteiger partial charge in [-0.15, -0.1) is 11.3 Å². The van der Waals surface area contributed by atoms with E-state index in [1.807, 2.05) is 6.07 Å². The summed E-state index contributed by atoms with van der Waals surface area (Å²) in [5, 5.41) is 5.26. The first kappa shape index (κ1) is 26.4. The third kappa shape index (κ3) is 5.92. The van der Waals surface area contributed by atoms with E-state index in [-0.39, 0.29) is 30.4 Å². The van der Waals surface area contributed by atoms with Crippen LogP contribution in [0.2, 0.25) is 0 Å². The first-order valence-corrected chi connectivity index (χ1v) is 14.3. The summed E-state index contributed by atoms with van der Waals surface area (Å²) in [6, 6.07) is 14.6. The summed E-state index contributed by atoms with van der Waals surface area (Å²) in [5.74, 6) is 0.933. The van der Waals surface area contributed by atoms with Crippen LogP contribution < -0.4 is 10.1 Å². The molecular weight excluding hydrogens is 498 g/mol. The van der Waals surface area contributed by atoms with E-state index in [2.05, 4.69) is 58.5 Å². The molecule has 2 aromatic carbocycles. The number of nitrogens with zero attached hydrogens (tertiary/aromatic N) is 2. The van der Waals surface area contributed by atoms with Crippen molar-refractivity contribution in [3.63, 3.8) is 0 Å². The van der Waals surface area contributed by atoms with E-state index in [9.17, 15) is 9.59 Å². The van der Waals surface area contributed by atoms with Crippen molar-refractivity contribution >= 4 is 23.2 Å². The average Bonchev–Trinajstić information content (AvgIpc) is 3.64. The highest BCUT2D eigenvalue weighted by Gasteiger charge is 2.36. The van der Waals surface area contributed by atoms with Crippen molar-refractivity contribution in [2.24, 2.45) is 5.92 Å². The van der Waals surface area contributed by atoms with Gasteiger partial charge in [-0.3, -0.25) is 9.59 Å². The van der Waals surface area contributed by atoms with Crippen molar-refractivity contribution in [2.75, 3.05) is 26.8 Å². The van der Waals surface area contributed by atoms with Gasteiger partial charge in [0.15, 0.2) is 0 Å². The maximum Gasteiger partial charge on any atom is 0.270 e. The highest BCUT2D eigenvalue weighted by atomic mass is 32.1. The lowest BCUT2D eigenvalue weighted by molar-refractivity contribution is -0.137. The summed E-state index contributed by atoms with van der Waals surface area (Å²) >= 11 is 1.40. The van der Waals surface area contributed by atoms with Crippen LogP contribution in [0.3, 0.4) is 0 Å². The van der Waals surface area contributed by atoms with E-state index in [1.165, 1.54) is 22.5 Å².